The molecule has 0 saturated carbocycles. The highest BCUT2D eigenvalue weighted by Crippen LogP contribution is 2.55. The Hall–Kier alpha value is 0.110. The first kappa shape index (κ1) is 31.1. The molecule has 4 nitrogen and oxygen atoms in total. The zero-order valence-electron chi connectivity index (χ0n) is 22.1. The van der Waals surface area contributed by atoms with Gasteiger partial charge in [-0.3, -0.25) is 13.6 Å². The summed E-state index contributed by atoms with van der Waals surface area (Å²) < 4.78 is 29.8. The minimum absolute atomic E-state index is 0.419. The second kappa shape index (κ2) is 17.6. The highest BCUT2D eigenvalue weighted by Gasteiger charge is 2.36. The van der Waals surface area contributed by atoms with Crippen LogP contribution < -0.4 is 0 Å². The Bertz CT molecular complexity index is 431. The number of unbranched alkanes of at least 4 members (excludes halogenated alkanes) is 15. The van der Waals surface area contributed by atoms with Gasteiger partial charge in [0.15, 0.2) is 0 Å². The van der Waals surface area contributed by atoms with Crippen LogP contribution in [0.15, 0.2) is 0 Å². The van der Waals surface area contributed by atoms with Gasteiger partial charge in [0.2, 0.25) is 0 Å². The fourth-order valence-corrected chi connectivity index (χ4v) is 5.41. The molecule has 0 unspecified atom stereocenters. The molecule has 0 aromatic heterocycles. The quantitative estimate of drug-likeness (QED) is 0.133. The van der Waals surface area contributed by atoms with E-state index in [0.29, 0.717) is 6.61 Å². The lowest BCUT2D eigenvalue weighted by atomic mass is 10.0. The van der Waals surface area contributed by atoms with E-state index >= 15 is 0 Å². The summed E-state index contributed by atoms with van der Waals surface area (Å²) in [7, 11) is -3.55. The lowest BCUT2D eigenvalue weighted by molar-refractivity contribution is 0.00298. The van der Waals surface area contributed by atoms with Gasteiger partial charge in [-0.25, -0.2) is 4.57 Å². The van der Waals surface area contributed by atoms with Crippen LogP contribution in [0.1, 0.15) is 151 Å². The highest BCUT2D eigenvalue weighted by molar-refractivity contribution is 7.48. The minimum atomic E-state index is -3.55. The molecule has 0 aromatic rings. The molecule has 31 heavy (non-hydrogen) atoms. The van der Waals surface area contributed by atoms with Gasteiger partial charge in [-0.2, -0.15) is 0 Å². The Balaban J connectivity index is 3.63. The first-order chi connectivity index (χ1) is 14.5. The molecule has 0 rings (SSSR count). The Morgan fingerprint density at radius 3 is 1.10 bits per heavy atom. The Morgan fingerprint density at radius 1 is 0.516 bits per heavy atom. The van der Waals surface area contributed by atoms with Gasteiger partial charge < -0.3 is 0 Å². The van der Waals surface area contributed by atoms with Crippen LogP contribution in [-0.4, -0.2) is 17.8 Å². The summed E-state index contributed by atoms with van der Waals surface area (Å²) in [5, 5.41) is 0. The van der Waals surface area contributed by atoms with Crippen molar-refractivity contribution < 1.29 is 18.1 Å². The first-order valence-corrected chi connectivity index (χ1v) is 14.6. The Labute approximate surface area is 195 Å². The summed E-state index contributed by atoms with van der Waals surface area (Å²) in [4.78, 5) is 0. The number of hydrogen-bond acceptors (Lipinski definition) is 4. The standard InChI is InChI=1S/C26H55O4P/c1-8-9-10-11-12-13-14-15-16-17-18-19-20-21-22-23-24-28-31(27,29-25(2,3)4)30-26(5,6)7/h8-24H2,1-7H3. The van der Waals surface area contributed by atoms with Gasteiger partial charge in [0.25, 0.3) is 0 Å². The van der Waals surface area contributed by atoms with Crippen LogP contribution in [0.5, 0.6) is 0 Å². The van der Waals surface area contributed by atoms with Gasteiger partial charge in [0.05, 0.1) is 17.8 Å². The normalized spacial score (nSPS) is 13.1. The molecule has 188 valence electrons. The largest absolute Gasteiger partial charge is 0.475 e. The first-order valence-electron chi connectivity index (χ1n) is 13.1. The summed E-state index contributed by atoms with van der Waals surface area (Å²) in [5.74, 6) is 0. The molecule has 0 radical (unpaired) electrons. The second-order valence-corrected chi connectivity index (χ2v) is 12.5. The van der Waals surface area contributed by atoms with Crippen LogP contribution in [0.3, 0.4) is 0 Å². The van der Waals surface area contributed by atoms with E-state index in [1.807, 2.05) is 41.5 Å². The van der Waals surface area contributed by atoms with E-state index in [9.17, 15) is 4.57 Å². The zero-order chi connectivity index (χ0) is 23.6. The van der Waals surface area contributed by atoms with Crippen molar-refractivity contribution in [1.82, 2.24) is 0 Å². The molecule has 0 saturated heterocycles. The van der Waals surface area contributed by atoms with E-state index in [2.05, 4.69) is 6.92 Å². The summed E-state index contributed by atoms with van der Waals surface area (Å²) in [6, 6.07) is 0. The molecule has 0 atom stereocenters. The minimum Gasteiger partial charge on any atom is -0.287 e. The molecule has 0 heterocycles. The topological polar surface area (TPSA) is 44.8 Å². The number of phosphoric acid groups is 1. The van der Waals surface area contributed by atoms with Gasteiger partial charge >= 0.3 is 7.82 Å². The van der Waals surface area contributed by atoms with Crippen molar-refractivity contribution in [3.8, 4) is 0 Å². The molecule has 5 heteroatoms. The molecule has 0 bridgehead atoms. The molecule has 0 aromatic carbocycles. The smallest absolute Gasteiger partial charge is 0.287 e. The monoisotopic (exact) mass is 462 g/mol. The summed E-state index contributed by atoms with van der Waals surface area (Å²) in [5.41, 5.74) is -1.15. The van der Waals surface area contributed by atoms with Crippen molar-refractivity contribution >= 4 is 7.82 Å². The number of phosphoric ester groups is 1. The second-order valence-electron chi connectivity index (χ2n) is 11.0. The Kier molecular flexibility index (Phi) is 17.6. The van der Waals surface area contributed by atoms with Crippen LogP contribution in [0.25, 0.3) is 0 Å². The molecule has 0 aliphatic heterocycles. The van der Waals surface area contributed by atoms with Crippen LogP contribution in [0.2, 0.25) is 0 Å². The van der Waals surface area contributed by atoms with E-state index in [0.717, 1.165) is 12.8 Å². The van der Waals surface area contributed by atoms with Gasteiger partial charge in [0.1, 0.15) is 0 Å². The SMILES string of the molecule is CCCCCCCCCCCCCCCCCCOP(=O)(OC(C)(C)C)OC(C)(C)C. The lowest BCUT2D eigenvalue weighted by Crippen LogP contribution is -2.24. The van der Waals surface area contributed by atoms with Crippen LogP contribution in [-0.2, 0) is 18.1 Å². The Morgan fingerprint density at radius 2 is 0.806 bits per heavy atom. The van der Waals surface area contributed by atoms with E-state index in [1.54, 1.807) is 0 Å². The van der Waals surface area contributed by atoms with E-state index in [1.165, 1.54) is 89.9 Å². The summed E-state index contributed by atoms with van der Waals surface area (Å²) in [6.07, 6.45) is 21.3. The third-order valence-corrected chi connectivity index (χ3v) is 7.06. The summed E-state index contributed by atoms with van der Waals surface area (Å²) >= 11 is 0. The van der Waals surface area contributed by atoms with Crippen molar-refractivity contribution in [2.45, 2.75) is 162 Å². The maximum absolute atomic E-state index is 12.9. The van der Waals surface area contributed by atoms with Crippen LogP contribution >= 0.6 is 7.82 Å². The van der Waals surface area contributed by atoms with Gasteiger partial charge in [-0.05, 0) is 48.0 Å². The fraction of sp³-hybridized carbons (Fsp3) is 1.00. The van der Waals surface area contributed by atoms with Crippen LogP contribution in [0, 0.1) is 0 Å². The van der Waals surface area contributed by atoms with Crippen LogP contribution in [0.4, 0.5) is 0 Å². The number of hydrogen-bond donors (Lipinski definition) is 0. The van der Waals surface area contributed by atoms with E-state index in [-0.39, 0.29) is 0 Å². The molecule has 0 amide bonds. The van der Waals surface area contributed by atoms with Crippen molar-refractivity contribution in [2.75, 3.05) is 6.61 Å². The molecule has 0 spiro atoms. The molecule has 0 aliphatic rings. The van der Waals surface area contributed by atoms with Crippen molar-refractivity contribution in [2.24, 2.45) is 0 Å². The lowest BCUT2D eigenvalue weighted by Gasteiger charge is -2.30. The summed E-state index contributed by atoms with van der Waals surface area (Å²) in [6.45, 7) is 13.9. The van der Waals surface area contributed by atoms with E-state index < -0.39 is 19.0 Å². The molecule has 0 N–H and O–H groups in total. The predicted molar refractivity (Wildman–Crippen MR) is 135 cm³/mol. The van der Waals surface area contributed by atoms with E-state index in [4.69, 9.17) is 13.6 Å². The van der Waals surface area contributed by atoms with Crippen molar-refractivity contribution in [1.29, 1.82) is 0 Å². The molecular formula is C26H55O4P. The van der Waals surface area contributed by atoms with Gasteiger partial charge in [0, 0.05) is 0 Å². The molecule has 0 fully saturated rings. The number of rotatable bonds is 20. The van der Waals surface area contributed by atoms with Gasteiger partial charge in [-0.15, -0.1) is 0 Å². The average molecular weight is 463 g/mol. The van der Waals surface area contributed by atoms with Gasteiger partial charge in [-0.1, -0.05) is 103 Å². The van der Waals surface area contributed by atoms with Crippen molar-refractivity contribution in [3.63, 3.8) is 0 Å². The predicted octanol–water partition coefficient (Wildman–Crippen LogP) is 10.0. The maximum atomic E-state index is 12.9. The maximum Gasteiger partial charge on any atom is 0.475 e. The zero-order valence-corrected chi connectivity index (χ0v) is 23.0. The third kappa shape index (κ3) is 23.1. The molecule has 0 aliphatic carbocycles. The molecular weight excluding hydrogens is 407 g/mol. The highest BCUT2D eigenvalue weighted by atomic mass is 31.2. The third-order valence-electron chi connectivity index (χ3n) is 5.02. The fourth-order valence-electron chi connectivity index (χ4n) is 3.57. The average Bonchev–Trinajstić information content (AvgIpc) is 2.61. The van der Waals surface area contributed by atoms with Crippen molar-refractivity contribution in [3.05, 3.63) is 0 Å².